The average molecular weight is 193 g/mol. The van der Waals surface area contributed by atoms with E-state index in [2.05, 4.69) is 5.16 Å². The zero-order valence-electron chi connectivity index (χ0n) is 7.20. The maximum Gasteiger partial charge on any atom is 0.169 e. The molecule has 0 unspecified atom stereocenters. The van der Waals surface area contributed by atoms with Crippen molar-refractivity contribution in [2.75, 3.05) is 11.5 Å². The lowest BCUT2D eigenvalue weighted by Gasteiger charge is -1.98. The molecule has 5 heteroatoms. The quantitative estimate of drug-likeness (QED) is 0.675. The van der Waals surface area contributed by atoms with Gasteiger partial charge in [-0.15, -0.1) is 0 Å². The fourth-order valence-electron chi connectivity index (χ4n) is 1.12. The maximum atomic E-state index is 12.8. The molecule has 0 aliphatic rings. The van der Waals surface area contributed by atoms with Gasteiger partial charge in [0.2, 0.25) is 0 Å². The van der Waals surface area contributed by atoms with Crippen LogP contribution in [-0.4, -0.2) is 5.16 Å². The minimum Gasteiger partial charge on any atom is -0.396 e. The molecule has 4 N–H and O–H groups in total. The van der Waals surface area contributed by atoms with Crippen molar-refractivity contribution in [1.82, 2.24) is 5.16 Å². The second kappa shape index (κ2) is 3.02. The van der Waals surface area contributed by atoms with Gasteiger partial charge in [-0.05, 0) is 18.2 Å². The summed E-state index contributed by atoms with van der Waals surface area (Å²) in [6.45, 7) is 0. The molecule has 4 nitrogen and oxygen atoms in total. The van der Waals surface area contributed by atoms with E-state index in [4.69, 9.17) is 16.0 Å². The highest BCUT2D eigenvalue weighted by molar-refractivity contribution is 5.64. The number of rotatable bonds is 1. The normalized spacial score (nSPS) is 10.4. The SMILES string of the molecule is Nc1cc(-c2ccc(F)c(N)c2)on1. The molecule has 0 saturated carbocycles. The van der Waals surface area contributed by atoms with Crippen molar-refractivity contribution in [2.24, 2.45) is 0 Å². The number of hydrogen-bond acceptors (Lipinski definition) is 4. The van der Waals surface area contributed by atoms with Gasteiger partial charge >= 0.3 is 0 Å². The van der Waals surface area contributed by atoms with Crippen molar-refractivity contribution < 1.29 is 8.91 Å². The number of aromatic nitrogens is 1. The van der Waals surface area contributed by atoms with Crippen molar-refractivity contribution >= 4 is 11.5 Å². The number of nitrogens with zero attached hydrogens (tertiary/aromatic N) is 1. The van der Waals surface area contributed by atoms with Crippen LogP contribution in [0.2, 0.25) is 0 Å². The van der Waals surface area contributed by atoms with Gasteiger partial charge in [0.15, 0.2) is 11.6 Å². The standard InChI is InChI=1S/C9H8FN3O/c10-6-2-1-5(3-7(6)11)8-4-9(12)13-14-8/h1-4H,11H2,(H2,12,13). The van der Waals surface area contributed by atoms with Crippen LogP contribution in [0.1, 0.15) is 0 Å². The number of hydrogen-bond donors (Lipinski definition) is 2. The van der Waals surface area contributed by atoms with Gasteiger partial charge in [0.05, 0.1) is 5.69 Å². The Balaban J connectivity index is 2.47. The highest BCUT2D eigenvalue weighted by Gasteiger charge is 2.06. The number of nitrogens with two attached hydrogens (primary N) is 2. The van der Waals surface area contributed by atoms with Gasteiger partial charge in [0.25, 0.3) is 0 Å². The average Bonchev–Trinajstić information content (AvgIpc) is 2.57. The molecule has 0 aliphatic carbocycles. The predicted molar refractivity (Wildman–Crippen MR) is 50.7 cm³/mol. The maximum absolute atomic E-state index is 12.8. The van der Waals surface area contributed by atoms with E-state index in [0.29, 0.717) is 11.3 Å². The Morgan fingerprint density at radius 2 is 2.00 bits per heavy atom. The summed E-state index contributed by atoms with van der Waals surface area (Å²) in [5.41, 5.74) is 11.5. The molecular weight excluding hydrogens is 185 g/mol. The van der Waals surface area contributed by atoms with Crippen molar-refractivity contribution in [1.29, 1.82) is 0 Å². The topological polar surface area (TPSA) is 78.1 Å². The van der Waals surface area contributed by atoms with E-state index < -0.39 is 5.82 Å². The Labute approximate surface area is 79.3 Å². The number of anilines is 2. The highest BCUT2D eigenvalue weighted by Crippen LogP contribution is 2.24. The first-order chi connectivity index (χ1) is 6.66. The molecule has 72 valence electrons. The van der Waals surface area contributed by atoms with Gasteiger partial charge < -0.3 is 16.0 Å². The second-order valence-corrected chi connectivity index (χ2v) is 2.85. The molecule has 0 amide bonds. The van der Waals surface area contributed by atoms with Crippen molar-refractivity contribution in [2.45, 2.75) is 0 Å². The largest absolute Gasteiger partial charge is 0.396 e. The van der Waals surface area contributed by atoms with Crippen LogP contribution < -0.4 is 11.5 Å². The third kappa shape index (κ3) is 1.39. The van der Waals surface area contributed by atoms with E-state index in [9.17, 15) is 4.39 Å². The lowest BCUT2D eigenvalue weighted by atomic mass is 10.1. The fourth-order valence-corrected chi connectivity index (χ4v) is 1.12. The second-order valence-electron chi connectivity index (χ2n) is 2.85. The van der Waals surface area contributed by atoms with E-state index in [0.717, 1.165) is 0 Å². The molecule has 0 radical (unpaired) electrons. The molecule has 0 fully saturated rings. The smallest absolute Gasteiger partial charge is 0.169 e. The summed E-state index contributed by atoms with van der Waals surface area (Å²) in [4.78, 5) is 0. The number of halogens is 1. The van der Waals surface area contributed by atoms with Crippen molar-refractivity contribution in [3.05, 3.63) is 30.1 Å². The van der Waals surface area contributed by atoms with Gasteiger partial charge in [-0.3, -0.25) is 0 Å². The summed E-state index contributed by atoms with van der Waals surface area (Å²) in [6, 6.07) is 5.83. The molecule has 0 saturated heterocycles. The van der Waals surface area contributed by atoms with Crippen LogP contribution in [0.25, 0.3) is 11.3 Å². The number of benzene rings is 1. The minimum absolute atomic E-state index is 0.0671. The van der Waals surface area contributed by atoms with Gasteiger partial charge in [0, 0.05) is 11.6 Å². The molecule has 0 aliphatic heterocycles. The molecule has 14 heavy (non-hydrogen) atoms. The van der Waals surface area contributed by atoms with E-state index in [1.54, 1.807) is 12.1 Å². The summed E-state index contributed by atoms with van der Waals surface area (Å²) in [5, 5.41) is 3.51. The molecule has 0 atom stereocenters. The van der Waals surface area contributed by atoms with Crippen LogP contribution in [-0.2, 0) is 0 Å². The summed E-state index contributed by atoms with van der Waals surface area (Å²) >= 11 is 0. The van der Waals surface area contributed by atoms with Gasteiger partial charge in [0.1, 0.15) is 5.82 Å². The van der Waals surface area contributed by atoms with Crippen LogP contribution in [0, 0.1) is 5.82 Å². The summed E-state index contributed by atoms with van der Waals surface area (Å²) in [6.07, 6.45) is 0. The lowest BCUT2D eigenvalue weighted by molar-refractivity contribution is 0.436. The molecular formula is C9H8FN3O. The Kier molecular flexibility index (Phi) is 1.85. The van der Waals surface area contributed by atoms with Gasteiger partial charge in [-0.1, -0.05) is 5.16 Å². The van der Waals surface area contributed by atoms with Crippen molar-refractivity contribution in [3.8, 4) is 11.3 Å². The monoisotopic (exact) mass is 193 g/mol. The first-order valence-corrected chi connectivity index (χ1v) is 3.94. The molecule has 1 aromatic carbocycles. The van der Waals surface area contributed by atoms with Crippen LogP contribution >= 0.6 is 0 Å². The van der Waals surface area contributed by atoms with E-state index >= 15 is 0 Å². The highest BCUT2D eigenvalue weighted by atomic mass is 19.1. The molecule has 1 aromatic heterocycles. The molecule has 0 spiro atoms. The minimum atomic E-state index is -0.457. The van der Waals surface area contributed by atoms with E-state index in [-0.39, 0.29) is 11.5 Å². The van der Waals surface area contributed by atoms with Crippen molar-refractivity contribution in [3.63, 3.8) is 0 Å². The Morgan fingerprint density at radius 1 is 1.21 bits per heavy atom. The first-order valence-electron chi connectivity index (χ1n) is 3.94. The zero-order valence-corrected chi connectivity index (χ0v) is 7.20. The molecule has 2 aromatic rings. The fraction of sp³-hybridized carbons (Fsp3) is 0. The van der Waals surface area contributed by atoms with E-state index in [1.807, 2.05) is 0 Å². The van der Waals surface area contributed by atoms with Gasteiger partial charge in [-0.25, -0.2) is 4.39 Å². The zero-order chi connectivity index (χ0) is 10.1. The Morgan fingerprint density at radius 3 is 2.57 bits per heavy atom. The van der Waals surface area contributed by atoms with Crippen LogP contribution in [0.3, 0.4) is 0 Å². The molecule has 0 bridgehead atoms. The lowest BCUT2D eigenvalue weighted by Crippen LogP contribution is -1.90. The Bertz CT molecular complexity index is 467. The molecule has 2 rings (SSSR count). The summed E-state index contributed by atoms with van der Waals surface area (Å²) < 4.78 is 17.7. The Hall–Kier alpha value is -2.04. The van der Waals surface area contributed by atoms with Crippen LogP contribution in [0.4, 0.5) is 15.9 Å². The summed E-state index contributed by atoms with van der Waals surface area (Å²) in [7, 11) is 0. The van der Waals surface area contributed by atoms with Crippen LogP contribution in [0.15, 0.2) is 28.8 Å². The molecule has 1 heterocycles. The van der Waals surface area contributed by atoms with Crippen LogP contribution in [0.5, 0.6) is 0 Å². The van der Waals surface area contributed by atoms with E-state index in [1.165, 1.54) is 12.1 Å². The first kappa shape index (κ1) is 8.55. The third-order valence-corrected chi connectivity index (χ3v) is 1.81. The predicted octanol–water partition coefficient (Wildman–Crippen LogP) is 1.65. The number of nitrogen functional groups attached to an aromatic ring is 2. The summed E-state index contributed by atoms with van der Waals surface area (Å²) in [5.74, 6) is 0.290. The van der Waals surface area contributed by atoms with Gasteiger partial charge in [-0.2, -0.15) is 0 Å². The third-order valence-electron chi connectivity index (χ3n) is 1.81.